The van der Waals surface area contributed by atoms with Crippen LogP contribution in [-0.2, 0) is 17.7 Å². The van der Waals surface area contributed by atoms with Crippen LogP contribution in [0.1, 0.15) is 24.2 Å². The monoisotopic (exact) mass is 308 g/mol. The summed E-state index contributed by atoms with van der Waals surface area (Å²) >= 11 is 6.08. The molecule has 0 saturated carbocycles. The summed E-state index contributed by atoms with van der Waals surface area (Å²) in [6.07, 6.45) is 5.28. The first-order valence-corrected chi connectivity index (χ1v) is 7.31. The van der Waals surface area contributed by atoms with Crippen LogP contribution in [0.25, 0.3) is 0 Å². The Morgan fingerprint density at radius 2 is 2.19 bits per heavy atom. The molecule has 0 aliphatic carbocycles. The van der Waals surface area contributed by atoms with E-state index in [2.05, 4.69) is 15.3 Å². The minimum Gasteiger partial charge on any atom is -0.389 e. The van der Waals surface area contributed by atoms with Crippen LogP contribution in [0, 0.1) is 0 Å². The smallest absolute Gasteiger partial charge is 0.0864 e. The molecule has 2 aromatic rings. The summed E-state index contributed by atoms with van der Waals surface area (Å²) in [5.41, 5.74) is 0.786. The van der Waals surface area contributed by atoms with Gasteiger partial charge < -0.3 is 9.84 Å². The van der Waals surface area contributed by atoms with Crippen LogP contribution in [0.3, 0.4) is 0 Å². The van der Waals surface area contributed by atoms with Crippen LogP contribution >= 0.6 is 11.6 Å². The van der Waals surface area contributed by atoms with Crippen molar-refractivity contribution in [3.05, 3.63) is 40.9 Å². The summed E-state index contributed by atoms with van der Waals surface area (Å²) < 4.78 is 6.96. The van der Waals surface area contributed by atoms with Crippen molar-refractivity contribution in [1.82, 2.24) is 20.0 Å². The second kappa shape index (κ2) is 6.09. The van der Waals surface area contributed by atoms with Gasteiger partial charge in [-0.05, 0) is 25.0 Å². The van der Waals surface area contributed by atoms with Crippen molar-refractivity contribution in [3.8, 4) is 0 Å². The first-order valence-electron chi connectivity index (χ1n) is 6.93. The Hall–Kier alpha value is -1.50. The Morgan fingerprint density at radius 3 is 2.95 bits per heavy atom. The summed E-state index contributed by atoms with van der Waals surface area (Å²) in [5, 5.41) is 19.3. The molecule has 0 bridgehead atoms. The van der Waals surface area contributed by atoms with Crippen LogP contribution in [0.2, 0.25) is 5.02 Å². The van der Waals surface area contributed by atoms with Crippen molar-refractivity contribution < 1.29 is 9.84 Å². The third-order valence-electron chi connectivity index (χ3n) is 3.67. The topological polar surface area (TPSA) is 73.1 Å². The lowest BCUT2D eigenvalue weighted by atomic mass is 9.90. The molecule has 21 heavy (non-hydrogen) atoms. The zero-order valence-corrected chi connectivity index (χ0v) is 12.3. The van der Waals surface area contributed by atoms with Gasteiger partial charge in [0.15, 0.2) is 0 Å². The zero-order chi connectivity index (χ0) is 14.7. The maximum atomic E-state index is 10.5. The number of halogens is 1. The van der Waals surface area contributed by atoms with Crippen LogP contribution in [0.15, 0.2) is 24.5 Å². The lowest BCUT2D eigenvalue weighted by Crippen LogP contribution is -2.38. The number of aliphatic hydroxyl groups is 1. The van der Waals surface area contributed by atoms with Crippen molar-refractivity contribution in [2.45, 2.75) is 31.4 Å². The van der Waals surface area contributed by atoms with E-state index in [-0.39, 0.29) is 0 Å². The summed E-state index contributed by atoms with van der Waals surface area (Å²) in [6.45, 7) is 1.65. The van der Waals surface area contributed by atoms with E-state index in [4.69, 9.17) is 16.3 Å². The first-order chi connectivity index (χ1) is 10.1. The fraction of sp³-hybridized carbons (Fsp3) is 0.500. The Kier molecular flexibility index (Phi) is 4.19. The Labute approximate surface area is 127 Å². The molecular formula is C14H17ClN4O2. The molecule has 2 aromatic heterocycles. The van der Waals surface area contributed by atoms with Crippen LogP contribution in [-0.4, -0.2) is 43.9 Å². The molecule has 0 radical (unpaired) electrons. The van der Waals surface area contributed by atoms with Gasteiger partial charge >= 0.3 is 0 Å². The lowest BCUT2D eigenvalue weighted by Gasteiger charge is -2.31. The molecule has 0 amide bonds. The van der Waals surface area contributed by atoms with Crippen LogP contribution in [0.4, 0.5) is 0 Å². The summed E-state index contributed by atoms with van der Waals surface area (Å²) in [7, 11) is 0. The van der Waals surface area contributed by atoms with Gasteiger partial charge in [0.2, 0.25) is 0 Å². The Morgan fingerprint density at radius 1 is 1.38 bits per heavy atom. The minimum absolute atomic E-state index is 0.466. The van der Waals surface area contributed by atoms with Gasteiger partial charge in [0, 0.05) is 32.0 Å². The number of rotatable bonds is 4. The number of hydrogen-bond donors (Lipinski definition) is 1. The van der Waals surface area contributed by atoms with Gasteiger partial charge in [0.05, 0.1) is 28.6 Å². The predicted molar refractivity (Wildman–Crippen MR) is 77.1 cm³/mol. The molecule has 112 valence electrons. The predicted octanol–water partition coefficient (Wildman–Crippen LogP) is 1.46. The highest BCUT2D eigenvalue weighted by molar-refractivity contribution is 6.31. The second-order valence-corrected chi connectivity index (χ2v) is 5.76. The Balaban J connectivity index is 1.67. The van der Waals surface area contributed by atoms with Gasteiger partial charge in [-0.2, -0.15) is 0 Å². The third-order valence-corrected chi connectivity index (χ3v) is 4.01. The molecule has 1 saturated heterocycles. The summed E-state index contributed by atoms with van der Waals surface area (Å²) in [6, 6.07) is 3.59. The Bertz CT molecular complexity index is 611. The number of pyridine rings is 1. The van der Waals surface area contributed by atoms with E-state index in [1.807, 2.05) is 6.20 Å². The summed E-state index contributed by atoms with van der Waals surface area (Å²) in [5.74, 6) is 0. The van der Waals surface area contributed by atoms with Gasteiger partial charge in [0.1, 0.15) is 0 Å². The van der Waals surface area contributed by atoms with Crippen molar-refractivity contribution in [1.29, 1.82) is 0 Å². The van der Waals surface area contributed by atoms with Gasteiger partial charge in [-0.3, -0.25) is 4.98 Å². The zero-order valence-electron chi connectivity index (χ0n) is 11.6. The van der Waals surface area contributed by atoms with Crippen molar-refractivity contribution in [2.24, 2.45) is 0 Å². The van der Waals surface area contributed by atoms with E-state index in [0.29, 0.717) is 44.0 Å². The van der Waals surface area contributed by atoms with Gasteiger partial charge in [0.25, 0.3) is 0 Å². The number of hydrogen-bond acceptors (Lipinski definition) is 5. The number of ether oxygens (including phenoxy) is 1. The largest absolute Gasteiger partial charge is 0.389 e. The SMILES string of the molecule is OC1(Cc2cn(Cc3ncccc3Cl)nn2)CCOCC1. The first kappa shape index (κ1) is 14.4. The average molecular weight is 309 g/mol. The average Bonchev–Trinajstić information content (AvgIpc) is 2.89. The van der Waals surface area contributed by atoms with Crippen molar-refractivity contribution >= 4 is 11.6 Å². The van der Waals surface area contributed by atoms with E-state index in [1.165, 1.54) is 0 Å². The molecule has 0 atom stereocenters. The molecule has 0 spiro atoms. The molecule has 3 rings (SSSR count). The maximum Gasteiger partial charge on any atom is 0.0864 e. The van der Waals surface area contributed by atoms with Crippen molar-refractivity contribution in [3.63, 3.8) is 0 Å². The van der Waals surface area contributed by atoms with E-state index in [9.17, 15) is 5.11 Å². The van der Waals surface area contributed by atoms with Gasteiger partial charge in [-0.1, -0.05) is 16.8 Å². The van der Waals surface area contributed by atoms with E-state index < -0.39 is 5.60 Å². The van der Waals surface area contributed by atoms with Crippen molar-refractivity contribution in [2.75, 3.05) is 13.2 Å². The standard InChI is InChI=1S/C14H17ClN4O2/c15-12-2-1-5-16-13(12)10-19-9-11(17-18-19)8-14(20)3-6-21-7-4-14/h1-2,5,9,20H,3-4,6-8,10H2. The van der Waals surface area contributed by atoms with Crippen LogP contribution < -0.4 is 0 Å². The van der Waals surface area contributed by atoms with Gasteiger partial charge in [-0.25, -0.2) is 4.68 Å². The molecule has 1 aliphatic rings. The molecule has 1 N–H and O–H groups in total. The van der Waals surface area contributed by atoms with E-state index >= 15 is 0 Å². The second-order valence-electron chi connectivity index (χ2n) is 5.35. The molecule has 0 aromatic carbocycles. The summed E-state index contributed by atoms with van der Waals surface area (Å²) in [4.78, 5) is 4.23. The number of aromatic nitrogens is 4. The van der Waals surface area contributed by atoms with E-state index in [1.54, 1.807) is 23.0 Å². The molecule has 1 aliphatic heterocycles. The fourth-order valence-electron chi connectivity index (χ4n) is 2.45. The maximum absolute atomic E-state index is 10.5. The van der Waals surface area contributed by atoms with Gasteiger partial charge in [-0.15, -0.1) is 5.10 Å². The fourth-order valence-corrected chi connectivity index (χ4v) is 2.63. The van der Waals surface area contributed by atoms with E-state index in [0.717, 1.165) is 11.4 Å². The number of nitrogens with zero attached hydrogens (tertiary/aromatic N) is 4. The van der Waals surface area contributed by atoms with Crippen LogP contribution in [0.5, 0.6) is 0 Å². The lowest BCUT2D eigenvalue weighted by molar-refractivity contribution is -0.0630. The highest BCUT2D eigenvalue weighted by Gasteiger charge is 2.31. The molecule has 3 heterocycles. The minimum atomic E-state index is -0.734. The molecule has 1 fully saturated rings. The molecule has 7 heteroatoms. The quantitative estimate of drug-likeness (QED) is 0.925. The highest BCUT2D eigenvalue weighted by atomic mass is 35.5. The molecule has 6 nitrogen and oxygen atoms in total. The normalized spacial score (nSPS) is 17.8. The molecule has 0 unspecified atom stereocenters. The molecular weight excluding hydrogens is 292 g/mol. The third kappa shape index (κ3) is 3.58. The highest BCUT2D eigenvalue weighted by Crippen LogP contribution is 2.24.